The van der Waals surface area contributed by atoms with Crippen LogP contribution in [0, 0.1) is 11.8 Å². The zero-order valence-corrected chi connectivity index (χ0v) is 19.6. The summed E-state index contributed by atoms with van der Waals surface area (Å²) in [5.41, 5.74) is 1.90. The second kappa shape index (κ2) is 13.2. The fourth-order valence-electron chi connectivity index (χ4n) is 2.84. The number of sulfonamides is 1. The van der Waals surface area contributed by atoms with Crippen LogP contribution in [0.5, 0.6) is 11.5 Å². The lowest BCUT2D eigenvalue weighted by atomic mass is 10.1. The summed E-state index contributed by atoms with van der Waals surface area (Å²) in [6, 6.07) is 10.9. The molecular weight excluding hydrogens is 462 g/mol. The van der Waals surface area contributed by atoms with Gasteiger partial charge < -0.3 is 14.8 Å². The Morgan fingerprint density at radius 1 is 1.06 bits per heavy atom. The molecule has 0 saturated carbocycles. The zero-order chi connectivity index (χ0) is 25.0. The maximum atomic E-state index is 12.7. The van der Waals surface area contributed by atoms with Crippen LogP contribution < -0.4 is 25.0 Å². The predicted octanol–water partition coefficient (Wildman–Crippen LogP) is 1.46. The zero-order valence-electron chi connectivity index (χ0n) is 18.8. The van der Waals surface area contributed by atoms with Gasteiger partial charge in [-0.25, -0.2) is 13.9 Å². The van der Waals surface area contributed by atoms with Crippen LogP contribution in [-0.2, 0) is 14.8 Å². The van der Waals surface area contributed by atoms with Crippen LogP contribution in [0.3, 0.4) is 0 Å². The molecule has 0 bridgehead atoms. The highest BCUT2D eigenvalue weighted by Gasteiger charge is 2.25. The summed E-state index contributed by atoms with van der Waals surface area (Å²) in [6.07, 6.45) is 0.305. The summed E-state index contributed by atoms with van der Waals surface area (Å²) in [5.74, 6) is 5.24. The summed E-state index contributed by atoms with van der Waals surface area (Å²) < 4.78 is 38.1. The fraction of sp³-hybridized carbons (Fsp3) is 0.304. The van der Waals surface area contributed by atoms with Crippen molar-refractivity contribution in [2.75, 3.05) is 20.3 Å². The lowest BCUT2D eigenvalue weighted by Gasteiger charge is -2.17. The first-order valence-corrected chi connectivity index (χ1v) is 11.8. The smallest absolute Gasteiger partial charge is 0.261 e. The molecule has 0 aliphatic carbocycles. The SMILES string of the molecule is CC#CCOc1ccc(S(=O)(=O)N[C@H](CCCNC(=O)c2ccc(OC)cc2)C(=O)NO)cc1. The normalized spacial score (nSPS) is 11.5. The summed E-state index contributed by atoms with van der Waals surface area (Å²) in [7, 11) is -2.54. The predicted molar refractivity (Wildman–Crippen MR) is 124 cm³/mol. The van der Waals surface area contributed by atoms with E-state index in [1.54, 1.807) is 31.2 Å². The van der Waals surface area contributed by atoms with Gasteiger partial charge in [0.25, 0.3) is 11.8 Å². The Kier molecular flexibility index (Phi) is 10.3. The Bertz CT molecular complexity index is 1120. The topological polar surface area (TPSA) is 143 Å². The van der Waals surface area contributed by atoms with Crippen molar-refractivity contribution < 1.29 is 32.7 Å². The lowest BCUT2D eigenvalue weighted by molar-refractivity contribution is -0.131. The van der Waals surface area contributed by atoms with Gasteiger partial charge in [0.15, 0.2) is 0 Å². The summed E-state index contributed by atoms with van der Waals surface area (Å²) in [5, 5.41) is 11.7. The van der Waals surface area contributed by atoms with Gasteiger partial charge in [0.2, 0.25) is 10.0 Å². The average molecular weight is 490 g/mol. The Morgan fingerprint density at radius 3 is 2.29 bits per heavy atom. The molecule has 0 heterocycles. The first kappa shape index (κ1) is 26.7. The van der Waals surface area contributed by atoms with E-state index in [1.165, 1.54) is 36.9 Å². The Balaban J connectivity index is 1.93. The van der Waals surface area contributed by atoms with Crippen molar-refractivity contribution in [2.45, 2.75) is 30.7 Å². The molecule has 11 heteroatoms. The van der Waals surface area contributed by atoms with Crippen LogP contribution >= 0.6 is 0 Å². The van der Waals surface area contributed by atoms with E-state index in [-0.39, 0.29) is 36.8 Å². The van der Waals surface area contributed by atoms with E-state index in [2.05, 4.69) is 21.9 Å². The van der Waals surface area contributed by atoms with E-state index in [1.807, 2.05) is 0 Å². The molecule has 34 heavy (non-hydrogen) atoms. The van der Waals surface area contributed by atoms with Crippen molar-refractivity contribution in [3.8, 4) is 23.3 Å². The highest BCUT2D eigenvalue weighted by Crippen LogP contribution is 2.17. The third-order valence-electron chi connectivity index (χ3n) is 4.65. The molecule has 182 valence electrons. The van der Waals surface area contributed by atoms with Gasteiger partial charge in [-0.2, -0.15) is 4.72 Å². The molecule has 0 saturated heterocycles. The maximum Gasteiger partial charge on any atom is 0.261 e. The van der Waals surface area contributed by atoms with E-state index < -0.39 is 22.0 Å². The number of hydrogen-bond donors (Lipinski definition) is 4. The van der Waals surface area contributed by atoms with Gasteiger partial charge in [-0.15, -0.1) is 5.92 Å². The molecule has 2 aromatic rings. The van der Waals surface area contributed by atoms with Gasteiger partial charge in [-0.1, -0.05) is 5.92 Å². The van der Waals surface area contributed by atoms with Crippen molar-refractivity contribution in [2.24, 2.45) is 0 Å². The molecule has 1 atom stereocenters. The third-order valence-corrected chi connectivity index (χ3v) is 6.14. The van der Waals surface area contributed by atoms with Crippen LogP contribution in [0.25, 0.3) is 0 Å². The number of hydroxylamine groups is 1. The third kappa shape index (κ3) is 8.08. The van der Waals surface area contributed by atoms with Crippen molar-refractivity contribution in [3.05, 3.63) is 54.1 Å². The number of ether oxygens (including phenoxy) is 2. The lowest BCUT2D eigenvalue weighted by Crippen LogP contribution is -2.46. The number of rotatable bonds is 12. The first-order valence-electron chi connectivity index (χ1n) is 10.3. The van der Waals surface area contributed by atoms with Crippen LogP contribution in [0.2, 0.25) is 0 Å². The highest BCUT2D eigenvalue weighted by atomic mass is 32.2. The Labute approximate surface area is 198 Å². The quantitative estimate of drug-likeness (QED) is 0.153. The van der Waals surface area contributed by atoms with E-state index in [9.17, 15) is 18.0 Å². The molecule has 2 rings (SSSR count). The number of methoxy groups -OCH3 is 1. The van der Waals surface area contributed by atoms with Gasteiger partial charge in [0, 0.05) is 12.1 Å². The van der Waals surface area contributed by atoms with Crippen LogP contribution in [-0.4, -0.2) is 51.7 Å². The fourth-order valence-corrected chi connectivity index (χ4v) is 4.07. The van der Waals surface area contributed by atoms with E-state index in [0.717, 1.165) is 0 Å². The molecule has 0 radical (unpaired) electrons. The van der Waals surface area contributed by atoms with Gasteiger partial charge in [0.1, 0.15) is 24.1 Å². The Morgan fingerprint density at radius 2 is 1.71 bits per heavy atom. The van der Waals surface area contributed by atoms with Crippen LogP contribution in [0.15, 0.2) is 53.4 Å². The van der Waals surface area contributed by atoms with Crippen molar-refractivity contribution >= 4 is 21.8 Å². The number of amides is 2. The summed E-state index contributed by atoms with van der Waals surface area (Å²) in [4.78, 5) is 24.1. The number of nitrogens with one attached hydrogen (secondary N) is 3. The molecule has 2 amide bonds. The summed E-state index contributed by atoms with van der Waals surface area (Å²) in [6.45, 7) is 2.04. The van der Waals surface area contributed by atoms with Gasteiger partial charge in [-0.05, 0) is 68.3 Å². The van der Waals surface area contributed by atoms with Crippen LogP contribution in [0.4, 0.5) is 0 Å². The molecule has 4 N–H and O–H groups in total. The molecule has 2 aromatic carbocycles. The average Bonchev–Trinajstić information content (AvgIpc) is 2.85. The van der Waals surface area contributed by atoms with Gasteiger partial charge >= 0.3 is 0 Å². The second-order valence-electron chi connectivity index (χ2n) is 6.96. The number of hydrogen-bond acceptors (Lipinski definition) is 7. The molecular formula is C23H27N3O7S. The molecule has 0 aliphatic heterocycles. The van der Waals surface area contributed by atoms with Crippen molar-refractivity contribution in [3.63, 3.8) is 0 Å². The minimum absolute atomic E-state index is 0.0331. The number of carbonyl (C=O) groups excluding carboxylic acids is 2. The highest BCUT2D eigenvalue weighted by molar-refractivity contribution is 7.89. The number of benzene rings is 2. The van der Waals surface area contributed by atoms with Gasteiger partial charge in [-0.3, -0.25) is 14.8 Å². The molecule has 10 nitrogen and oxygen atoms in total. The van der Waals surface area contributed by atoms with E-state index >= 15 is 0 Å². The monoisotopic (exact) mass is 489 g/mol. The van der Waals surface area contributed by atoms with Crippen molar-refractivity contribution in [1.82, 2.24) is 15.5 Å². The van der Waals surface area contributed by atoms with Gasteiger partial charge in [0.05, 0.1) is 12.0 Å². The largest absolute Gasteiger partial charge is 0.497 e. The molecule has 0 unspecified atom stereocenters. The minimum Gasteiger partial charge on any atom is -0.497 e. The summed E-state index contributed by atoms with van der Waals surface area (Å²) >= 11 is 0. The Hall–Kier alpha value is -3.59. The molecule has 0 spiro atoms. The second-order valence-corrected chi connectivity index (χ2v) is 8.68. The van der Waals surface area contributed by atoms with Crippen LogP contribution in [0.1, 0.15) is 30.1 Å². The molecule has 0 aromatic heterocycles. The minimum atomic E-state index is -4.06. The molecule has 0 fully saturated rings. The van der Waals surface area contributed by atoms with E-state index in [4.69, 9.17) is 14.7 Å². The first-order chi connectivity index (χ1) is 16.3. The van der Waals surface area contributed by atoms with E-state index in [0.29, 0.717) is 17.1 Å². The van der Waals surface area contributed by atoms with Crippen molar-refractivity contribution in [1.29, 1.82) is 0 Å². The number of carbonyl (C=O) groups is 2. The molecule has 0 aliphatic rings. The standard InChI is InChI=1S/C23H27N3O7S/c1-3-4-16-33-19-11-13-20(14-12-19)34(30,31)26-21(23(28)25-29)6-5-15-24-22(27)17-7-9-18(32-2)10-8-17/h7-14,21,26,29H,5-6,15-16H2,1-2H3,(H,24,27)(H,25,28)/t21-/m1/s1. The maximum absolute atomic E-state index is 12.7.